The lowest BCUT2D eigenvalue weighted by molar-refractivity contribution is -0.140. The second-order valence-electron chi connectivity index (χ2n) is 5.49. The van der Waals surface area contributed by atoms with Gasteiger partial charge in [-0.25, -0.2) is 0 Å². The molecule has 0 amide bonds. The van der Waals surface area contributed by atoms with Crippen LogP contribution in [0.3, 0.4) is 0 Å². The van der Waals surface area contributed by atoms with Crippen molar-refractivity contribution in [1.29, 1.82) is 0 Å². The van der Waals surface area contributed by atoms with E-state index in [1.54, 1.807) is 13.8 Å². The highest BCUT2D eigenvalue weighted by Crippen LogP contribution is 2.30. The maximum absolute atomic E-state index is 12.5. The molecule has 0 saturated heterocycles. The molecule has 0 fully saturated rings. The maximum Gasteiger partial charge on any atom is 0.416 e. The monoisotopic (exact) mass is 303 g/mol. The largest absolute Gasteiger partial charge is 0.480 e. The third kappa shape index (κ3) is 5.04. The van der Waals surface area contributed by atoms with Gasteiger partial charge in [-0.15, -0.1) is 0 Å². The van der Waals surface area contributed by atoms with Gasteiger partial charge in [0, 0.05) is 6.54 Å². The van der Waals surface area contributed by atoms with Crippen LogP contribution >= 0.6 is 0 Å². The molecule has 21 heavy (non-hydrogen) atoms. The summed E-state index contributed by atoms with van der Waals surface area (Å²) in [7, 11) is 0. The Hall–Kier alpha value is -1.56. The van der Waals surface area contributed by atoms with Crippen LogP contribution in [-0.2, 0) is 11.0 Å². The number of nitrogens with one attached hydrogen (secondary N) is 1. The first-order valence-corrected chi connectivity index (χ1v) is 6.76. The van der Waals surface area contributed by atoms with Crippen LogP contribution in [-0.4, -0.2) is 23.7 Å². The smallest absolute Gasteiger partial charge is 0.416 e. The number of carboxylic acid groups (broad SMARTS) is 1. The Bertz CT molecular complexity index is 469. The zero-order chi connectivity index (χ0) is 16.2. The molecular weight excluding hydrogens is 283 g/mol. The number of benzene rings is 1. The third-order valence-electron chi connectivity index (χ3n) is 3.38. The van der Waals surface area contributed by atoms with E-state index in [2.05, 4.69) is 5.32 Å². The van der Waals surface area contributed by atoms with Gasteiger partial charge in [0.05, 0.1) is 5.56 Å². The first-order chi connectivity index (χ1) is 9.62. The van der Waals surface area contributed by atoms with E-state index in [9.17, 15) is 18.0 Å². The standard InChI is InChI=1S/C15H20F3NO2/c1-9(2)13(14(20)21)19-8-10(3)11-4-6-12(7-5-11)15(16,17)18/h4-7,9-10,13,19H,8H2,1-3H3,(H,20,21)/t10?,13-/m1/s1. The van der Waals surface area contributed by atoms with Gasteiger partial charge in [-0.05, 0) is 29.5 Å². The Morgan fingerprint density at radius 2 is 1.71 bits per heavy atom. The molecule has 0 heterocycles. The summed E-state index contributed by atoms with van der Waals surface area (Å²) in [6, 6.07) is 4.29. The minimum Gasteiger partial charge on any atom is -0.480 e. The summed E-state index contributed by atoms with van der Waals surface area (Å²) in [4.78, 5) is 11.1. The molecule has 0 aromatic heterocycles. The second kappa shape index (κ2) is 6.93. The quantitative estimate of drug-likeness (QED) is 0.845. The molecule has 2 N–H and O–H groups in total. The molecule has 0 spiro atoms. The highest BCUT2D eigenvalue weighted by molar-refractivity contribution is 5.73. The fourth-order valence-electron chi connectivity index (χ4n) is 2.03. The lowest BCUT2D eigenvalue weighted by Crippen LogP contribution is -2.42. The van der Waals surface area contributed by atoms with E-state index in [0.29, 0.717) is 6.54 Å². The second-order valence-corrected chi connectivity index (χ2v) is 5.49. The molecule has 2 atom stereocenters. The molecule has 1 aromatic rings. The zero-order valence-corrected chi connectivity index (χ0v) is 12.2. The van der Waals surface area contributed by atoms with Crippen molar-refractivity contribution in [3.8, 4) is 0 Å². The number of hydrogen-bond donors (Lipinski definition) is 2. The van der Waals surface area contributed by atoms with Crippen LogP contribution in [0.15, 0.2) is 24.3 Å². The van der Waals surface area contributed by atoms with Gasteiger partial charge in [-0.1, -0.05) is 32.9 Å². The Balaban J connectivity index is 2.68. The van der Waals surface area contributed by atoms with Gasteiger partial charge in [0.2, 0.25) is 0 Å². The zero-order valence-electron chi connectivity index (χ0n) is 12.2. The molecule has 6 heteroatoms. The highest BCUT2D eigenvalue weighted by atomic mass is 19.4. The molecule has 1 unspecified atom stereocenters. The summed E-state index contributed by atoms with van der Waals surface area (Å²) >= 11 is 0. The minimum absolute atomic E-state index is 0.0673. The average molecular weight is 303 g/mol. The van der Waals surface area contributed by atoms with Gasteiger partial charge in [-0.2, -0.15) is 13.2 Å². The number of carboxylic acids is 1. The maximum atomic E-state index is 12.5. The van der Waals surface area contributed by atoms with Gasteiger partial charge in [0.25, 0.3) is 0 Å². The Kier molecular flexibility index (Phi) is 5.78. The topological polar surface area (TPSA) is 49.3 Å². The third-order valence-corrected chi connectivity index (χ3v) is 3.38. The predicted octanol–water partition coefficient (Wildman–Crippen LogP) is 3.51. The van der Waals surface area contributed by atoms with Crippen molar-refractivity contribution in [3.63, 3.8) is 0 Å². The summed E-state index contributed by atoms with van der Waals surface area (Å²) in [5, 5.41) is 12.0. The van der Waals surface area contributed by atoms with Gasteiger partial charge >= 0.3 is 12.1 Å². The number of hydrogen-bond acceptors (Lipinski definition) is 2. The van der Waals surface area contributed by atoms with Crippen molar-refractivity contribution < 1.29 is 23.1 Å². The molecule has 0 aliphatic rings. The van der Waals surface area contributed by atoms with E-state index in [-0.39, 0.29) is 11.8 Å². The van der Waals surface area contributed by atoms with Crippen LogP contribution in [0, 0.1) is 5.92 Å². The molecule has 0 aliphatic heterocycles. The van der Waals surface area contributed by atoms with Crippen molar-refractivity contribution in [2.75, 3.05) is 6.54 Å². The number of alkyl halides is 3. The first-order valence-electron chi connectivity index (χ1n) is 6.76. The summed E-state index contributed by atoms with van der Waals surface area (Å²) in [6.45, 7) is 5.83. The molecule has 118 valence electrons. The lowest BCUT2D eigenvalue weighted by atomic mass is 9.98. The fourth-order valence-corrected chi connectivity index (χ4v) is 2.03. The molecular formula is C15H20F3NO2. The molecule has 3 nitrogen and oxygen atoms in total. The Morgan fingerprint density at radius 1 is 1.19 bits per heavy atom. The summed E-state index contributed by atoms with van der Waals surface area (Å²) < 4.78 is 37.4. The van der Waals surface area contributed by atoms with E-state index in [1.807, 2.05) is 6.92 Å². The molecule has 1 rings (SSSR count). The number of halogens is 3. The highest BCUT2D eigenvalue weighted by Gasteiger charge is 2.30. The van der Waals surface area contributed by atoms with E-state index in [1.165, 1.54) is 12.1 Å². The lowest BCUT2D eigenvalue weighted by Gasteiger charge is -2.21. The van der Waals surface area contributed by atoms with Crippen molar-refractivity contribution in [3.05, 3.63) is 35.4 Å². The SMILES string of the molecule is CC(CN[C@@H](C(=O)O)C(C)C)c1ccc(C(F)(F)F)cc1. The molecule has 1 aromatic carbocycles. The van der Waals surface area contributed by atoms with Crippen molar-refractivity contribution in [2.45, 2.75) is 38.9 Å². The van der Waals surface area contributed by atoms with Gasteiger partial charge in [-0.3, -0.25) is 4.79 Å². The van der Waals surface area contributed by atoms with Crippen LogP contribution in [0.4, 0.5) is 13.2 Å². The van der Waals surface area contributed by atoms with E-state index in [0.717, 1.165) is 17.7 Å². The van der Waals surface area contributed by atoms with E-state index >= 15 is 0 Å². The summed E-state index contributed by atoms with van der Waals surface area (Å²) in [5.74, 6) is -1.07. The molecule has 0 aliphatic carbocycles. The van der Waals surface area contributed by atoms with Crippen molar-refractivity contribution in [1.82, 2.24) is 5.32 Å². The Morgan fingerprint density at radius 3 is 2.10 bits per heavy atom. The first kappa shape index (κ1) is 17.5. The predicted molar refractivity (Wildman–Crippen MR) is 74.1 cm³/mol. The summed E-state index contributed by atoms with van der Waals surface area (Å²) in [5.41, 5.74) is 0.0559. The van der Waals surface area contributed by atoms with Crippen LogP contribution < -0.4 is 5.32 Å². The van der Waals surface area contributed by atoms with Crippen molar-refractivity contribution >= 4 is 5.97 Å². The minimum atomic E-state index is -4.34. The normalized spacial score (nSPS) is 15.0. The number of rotatable bonds is 6. The van der Waals surface area contributed by atoms with Gasteiger partial charge < -0.3 is 10.4 Å². The van der Waals surface area contributed by atoms with Crippen LogP contribution in [0.5, 0.6) is 0 Å². The van der Waals surface area contributed by atoms with Crippen LogP contribution in [0.1, 0.15) is 37.8 Å². The van der Waals surface area contributed by atoms with Crippen LogP contribution in [0.25, 0.3) is 0 Å². The number of aliphatic carboxylic acids is 1. The Labute approximate surface area is 122 Å². The van der Waals surface area contributed by atoms with Crippen molar-refractivity contribution in [2.24, 2.45) is 5.92 Å². The van der Waals surface area contributed by atoms with E-state index < -0.39 is 23.8 Å². The van der Waals surface area contributed by atoms with E-state index in [4.69, 9.17) is 5.11 Å². The van der Waals surface area contributed by atoms with Crippen LogP contribution in [0.2, 0.25) is 0 Å². The average Bonchev–Trinajstić information content (AvgIpc) is 2.37. The fraction of sp³-hybridized carbons (Fsp3) is 0.533. The molecule has 0 radical (unpaired) electrons. The van der Waals surface area contributed by atoms with Gasteiger partial charge in [0.1, 0.15) is 6.04 Å². The van der Waals surface area contributed by atoms with Gasteiger partial charge in [0.15, 0.2) is 0 Å². The number of carbonyl (C=O) groups is 1. The molecule has 0 saturated carbocycles. The molecule has 0 bridgehead atoms. The summed E-state index contributed by atoms with van der Waals surface area (Å²) in [6.07, 6.45) is -4.34.